The van der Waals surface area contributed by atoms with Gasteiger partial charge in [-0.1, -0.05) is 44.2 Å². The van der Waals surface area contributed by atoms with Crippen molar-refractivity contribution in [1.82, 2.24) is 10.2 Å². The van der Waals surface area contributed by atoms with E-state index >= 15 is 0 Å². The van der Waals surface area contributed by atoms with Crippen molar-refractivity contribution >= 4 is 17.4 Å². The number of amides is 2. The third-order valence-electron chi connectivity index (χ3n) is 4.23. The minimum atomic E-state index is -0.474. The van der Waals surface area contributed by atoms with Gasteiger partial charge in [-0.25, -0.2) is 4.79 Å². The maximum absolute atomic E-state index is 12.2. The van der Waals surface area contributed by atoms with E-state index in [-0.39, 0.29) is 17.8 Å². The Balaban J connectivity index is 1.99. The molecule has 0 radical (unpaired) electrons. The molecular weight excluding hydrogens is 332 g/mol. The molecule has 2 aromatic carbocycles. The van der Waals surface area contributed by atoms with Gasteiger partial charge < -0.3 is 10.6 Å². The second-order valence-corrected chi connectivity index (χ2v) is 5.79. The van der Waals surface area contributed by atoms with Crippen LogP contribution < -0.4 is 10.6 Å². The van der Waals surface area contributed by atoms with Gasteiger partial charge in [-0.3, -0.25) is 15.0 Å². The van der Waals surface area contributed by atoms with Crippen LogP contribution in [0.25, 0.3) is 0 Å². The molecule has 1 unspecified atom stereocenters. The summed E-state index contributed by atoms with van der Waals surface area (Å²) in [5.74, 6) is 0. The van der Waals surface area contributed by atoms with Gasteiger partial charge in [-0.15, -0.1) is 0 Å². The van der Waals surface area contributed by atoms with Crippen LogP contribution in [0, 0.1) is 10.1 Å². The average molecular weight is 356 g/mol. The molecule has 26 heavy (non-hydrogen) atoms. The zero-order valence-corrected chi connectivity index (χ0v) is 15.0. The number of likely N-dealkylation sites (N-methyl/N-ethyl adjacent to an activating group) is 1. The molecule has 0 aliphatic heterocycles. The molecule has 7 nitrogen and oxygen atoms in total. The lowest BCUT2D eigenvalue weighted by Crippen LogP contribution is -2.39. The minimum absolute atomic E-state index is 0.0124. The molecule has 0 aliphatic carbocycles. The molecule has 1 atom stereocenters. The van der Waals surface area contributed by atoms with E-state index in [1.807, 2.05) is 18.2 Å². The number of benzene rings is 2. The summed E-state index contributed by atoms with van der Waals surface area (Å²) in [6.07, 6.45) is 0. The van der Waals surface area contributed by atoms with Gasteiger partial charge in [0.25, 0.3) is 5.69 Å². The normalized spacial score (nSPS) is 11.8. The molecule has 0 saturated heterocycles. The molecule has 0 fully saturated rings. The topological polar surface area (TPSA) is 87.5 Å². The zero-order valence-electron chi connectivity index (χ0n) is 15.0. The fraction of sp³-hybridized carbons (Fsp3) is 0.316. The predicted octanol–water partition coefficient (Wildman–Crippen LogP) is 3.80. The fourth-order valence-corrected chi connectivity index (χ4v) is 2.83. The monoisotopic (exact) mass is 356 g/mol. The second kappa shape index (κ2) is 9.53. The van der Waals surface area contributed by atoms with Gasteiger partial charge in [0, 0.05) is 24.4 Å². The molecular formula is C19H24N4O3. The van der Waals surface area contributed by atoms with E-state index in [2.05, 4.69) is 41.5 Å². The number of nitrogens with zero attached hydrogens (tertiary/aromatic N) is 2. The van der Waals surface area contributed by atoms with Crippen molar-refractivity contribution in [3.05, 3.63) is 70.3 Å². The molecule has 0 aromatic heterocycles. The van der Waals surface area contributed by atoms with Gasteiger partial charge in [0.1, 0.15) is 0 Å². The molecule has 2 N–H and O–H groups in total. The van der Waals surface area contributed by atoms with E-state index in [1.165, 1.54) is 24.3 Å². The Bertz CT molecular complexity index is 715. The van der Waals surface area contributed by atoms with Crippen molar-refractivity contribution in [2.45, 2.75) is 19.9 Å². The first-order valence-electron chi connectivity index (χ1n) is 8.63. The standard InChI is InChI=1S/C19H24N4O3/c1-3-22(4-2)18(15-8-6-5-7-9-15)14-20-19(24)21-16-10-12-17(13-11-16)23(25)26/h5-13,18H,3-4,14H2,1-2H3,(H2,20,21,24). The molecule has 7 heteroatoms. The number of non-ortho nitro benzene ring substituents is 1. The summed E-state index contributed by atoms with van der Waals surface area (Å²) < 4.78 is 0. The van der Waals surface area contributed by atoms with E-state index in [0.29, 0.717) is 12.2 Å². The summed E-state index contributed by atoms with van der Waals surface area (Å²) >= 11 is 0. The van der Waals surface area contributed by atoms with Crippen LogP contribution in [0.3, 0.4) is 0 Å². The predicted molar refractivity (Wildman–Crippen MR) is 102 cm³/mol. The Hall–Kier alpha value is -2.93. The van der Waals surface area contributed by atoms with Crippen LogP contribution in [0.5, 0.6) is 0 Å². The fourth-order valence-electron chi connectivity index (χ4n) is 2.83. The van der Waals surface area contributed by atoms with Gasteiger partial charge >= 0.3 is 6.03 Å². The van der Waals surface area contributed by atoms with Crippen LogP contribution >= 0.6 is 0 Å². The molecule has 138 valence electrons. The smallest absolute Gasteiger partial charge is 0.319 e. The molecule has 0 aliphatic rings. The quantitative estimate of drug-likeness (QED) is 0.556. The van der Waals surface area contributed by atoms with Crippen LogP contribution in [0.15, 0.2) is 54.6 Å². The summed E-state index contributed by atoms with van der Waals surface area (Å²) in [6, 6.07) is 15.5. The van der Waals surface area contributed by atoms with E-state index < -0.39 is 4.92 Å². The van der Waals surface area contributed by atoms with Crippen LogP contribution in [-0.4, -0.2) is 35.5 Å². The molecule has 2 aromatic rings. The Morgan fingerprint density at radius 2 is 1.69 bits per heavy atom. The van der Waals surface area contributed by atoms with Gasteiger partial charge in [-0.05, 0) is 30.8 Å². The van der Waals surface area contributed by atoms with Crippen molar-refractivity contribution in [3.63, 3.8) is 0 Å². The molecule has 2 rings (SSSR count). The van der Waals surface area contributed by atoms with Crippen LogP contribution in [0.4, 0.5) is 16.2 Å². The Morgan fingerprint density at radius 1 is 1.08 bits per heavy atom. The first-order valence-corrected chi connectivity index (χ1v) is 8.63. The molecule has 0 bridgehead atoms. The molecule has 0 heterocycles. The number of nitro benzene ring substituents is 1. The number of rotatable bonds is 8. The van der Waals surface area contributed by atoms with Crippen molar-refractivity contribution in [2.75, 3.05) is 25.0 Å². The van der Waals surface area contributed by atoms with E-state index in [9.17, 15) is 14.9 Å². The Morgan fingerprint density at radius 3 is 2.23 bits per heavy atom. The number of carbonyl (C=O) groups is 1. The third kappa shape index (κ3) is 5.29. The third-order valence-corrected chi connectivity index (χ3v) is 4.23. The minimum Gasteiger partial charge on any atom is -0.336 e. The number of hydrogen-bond acceptors (Lipinski definition) is 4. The van der Waals surface area contributed by atoms with Gasteiger partial charge in [0.05, 0.1) is 11.0 Å². The summed E-state index contributed by atoms with van der Waals surface area (Å²) in [6.45, 7) is 6.40. The number of anilines is 1. The van der Waals surface area contributed by atoms with E-state index in [0.717, 1.165) is 18.7 Å². The highest BCUT2D eigenvalue weighted by Crippen LogP contribution is 2.20. The summed E-state index contributed by atoms with van der Waals surface area (Å²) in [4.78, 5) is 24.7. The Labute approximate surface area is 153 Å². The lowest BCUT2D eigenvalue weighted by Gasteiger charge is -2.30. The number of nitrogens with one attached hydrogen (secondary N) is 2. The average Bonchev–Trinajstić information content (AvgIpc) is 2.66. The van der Waals surface area contributed by atoms with Crippen LogP contribution in [0.2, 0.25) is 0 Å². The van der Waals surface area contributed by atoms with Crippen molar-refractivity contribution in [1.29, 1.82) is 0 Å². The zero-order chi connectivity index (χ0) is 18.9. The van der Waals surface area contributed by atoms with Crippen LogP contribution in [0.1, 0.15) is 25.5 Å². The van der Waals surface area contributed by atoms with Crippen LogP contribution in [-0.2, 0) is 0 Å². The summed E-state index contributed by atoms with van der Waals surface area (Å²) in [5.41, 5.74) is 1.64. The highest BCUT2D eigenvalue weighted by molar-refractivity contribution is 5.89. The maximum Gasteiger partial charge on any atom is 0.319 e. The second-order valence-electron chi connectivity index (χ2n) is 5.79. The highest BCUT2D eigenvalue weighted by Gasteiger charge is 2.18. The van der Waals surface area contributed by atoms with Gasteiger partial charge in [0.2, 0.25) is 0 Å². The summed E-state index contributed by atoms with van der Waals surface area (Å²) in [7, 11) is 0. The summed E-state index contributed by atoms with van der Waals surface area (Å²) in [5, 5.41) is 16.3. The Kier molecular flexibility index (Phi) is 7.11. The van der Waals surface area contributed by atoms with E-state index in [1.54, 1.807) is 0 Å². The number of urea groups is 1. The SMILES string of the molecule is CCN(CC)C(CNC(=O)Nc1ccc([N+](=O)[O-])cc1)c1ccccc1. The maximum atomic E-state index is 12.2. The molecule has 0 saturated carbocycles. The first kappa shape index (κ1) is 19.4. The number of nitro groups is 1. The number of hydrogen-bond donors (Lipinski definition) is 2. The first-order chi connectivity index (χ1) is 12.5. The van der Waals surface area contributed by atoms with Gasteiger partial charge in [0.15, 0.2) is 0 Å². The number of carbonyl (C=O) groups excluding carboxylic acids is 1. The van der Waals surface area contributed by atoms with Gasteiger partial charge in [-0.2, -0.15) is 0 Å². The van der Waals surface area contributed by atoms with Crippen molar-refractivity contribution < 1.29 is 9.72 Å². The molecule has 0 spiro atoms. The molecule has 2 amide bonds. The highest BCUT2D eigenvalue weighted by atomic mass is 16.6. The van der Waals surface area contributed by atoms with Crippen molar-refractivity contribution in [3.8, 4) is 0 Å². The van der Waals surface area contributed by atoms with Crippen molar-refractivity contribution in [2.24, 2.45) is 0 Å². The van der Waals surface area contributed by atoms with E-state index in [4.69, 9.17) is 0 Å². The lowest BCUT2D eigenvalue weighted by molar-refractivity contribution is -0.384. The lowest BCUT2D eigenvalue weighted by atomic mass is 10.1. The largest absolute Gasteiger partial charge is 0.336 e.